The molecule has 0 saturated carbocycles. The Bertz CT molecular complexity index is 1460. The highest BCUT2D eigenvalue weighted by Gasteiger charge is 2.23. The quantitative estimate of drug-likeness (QED) is 0.291. The predicted molar refractivity (Wildman–Crippen MR) is 165 cm³/mol. The fourth-order valence-corrected chi connectivity index (χ4v) is 5.90. The van der Waals surface area contributed by atoms with Gasteiger partial charge in [0.05, 0.1) is 13.3 Å². The maximum Gasteiger partial charge on any atom is 0.251 e. The van der Waals surface area contributed by atoms with Crippen LogP contribution < -0.4 is 14.8 Å². The van der Waals surface area contributed by atoms with Crippen LogP contribution in [0.3, 0.4) is 0 Å². The Labute approximate surface area is 253 Å². The second kappa shape index (κ2) is 13.8. The van der Waals surface area contributed by atoms with Crippen molar-refractivity contribution >= 4 is 5.91 Å². The summed E-state index contributed by atoms with van der Waals surface area (Å²) in [7, 11) is 1.69. The molecular formula is C34H40N6O3. The Balaban J connectivity index is 0.931. The lowest BCUT2D eigenvalue weighted by Crippen LogP contribution is -2.44. The third-order valence-electron chi connectivity index (χ3n) is 8.35. The Hall–Kier alpha value is -4.21. The molecule has 0 unspecified atom stereocenters. The van der Waals surface area contributed by atoms with Crippen molar-refractivity contribution < 1.29 is 14.3 Å². The zero-order chi connectivity index (χ0) is 29.4. The Morgan fingerprint density at radius 3 is 2.33 bits per heavy atom. The van der Waals surface area contributed by atoms with Crippen LogP contribution in [0.4, 0.5) is 0 Å². The maximum absolute atomic E-state index is 13.1. The van der Waals surface area contributed by atoms with E-state index < -0.39 is 0 Å². The topological polar surface area (TPSA) is 84.8 Å². The third-order valence-corrected chi connectivity index (χ3v) is 8.35. The van der Waals surface area contributed by atoms with Crippen LogP contribution in [0.25, 0.3) is 5.82 Å². The summed E-state index contributed by atoms with van der Waals surface area (Å²) < 4.78 is 13.4. The van der Waals surface area contributed by atoms with Crippen LogP contribution in [0.5, 0.6) is 11.5 Å². The minimum absolute atomic E-state index is 0.0277. The van der Waals surface area contributed by atoms with Crippen LogP contribution in [-0.4, -0.2) is 75.9 Å². The molecule has 2 aliphatic rings. The number of hydrogen-bond donors (Lipinski definition) is 1. The van der Waals surface area contributed by atoms with Crippen LogP contribution in [-0.2, 0) is 13.1 Å². The van der Waals surface area contributed by atoms with Crippen LogP contribution >= 0.6 is 0 Å². The lowest BCUT2D eigenvalue weighted by atomic mass is 10.0. The summed E-state index contributed by atoms with van der Waals surface area (Å²) >= 11 is 0. The molecule has 9 nitrogen and oxygen atoms in total. The molecule has 0 bridgehead atoms. The number of rotatable bonds is 10. The van der Waals surface area contributed by atoms with E-state index in [9.17, 15) is 4.79 Å². The number of benzene rings is 2. The van der Waals surface area contributed by atoms with E-state index in [-0.39, 0.29) is 18.1 Å². The highest BCUT2D eigenvalue weighted by atomic mass is 16.5. The van der Waals surface area contributed by atoms with Crippen LogP contribution in [0, 0.1) is 0 Å². The molecule has 9 heteroatoms. The summed E-state index contributed by atoms with van der Waals surface area (Å²) in [5, 5.41) is 7.72. The number of nitrogens with zero attached hydrogens (tertiary/aromatic N) is 5. The van der Waals surface area contributed by atoms with Gasteiger partial charge >= 0.3 is 0 Å². The first-order valence-corrected chi connectivity index (χ1v) is 15.2. The zero-order valence-electron chi connectivity index (χ0n) is 24.8. The maximum atomic E-state index is 13.1. The van der Waals surface area contributed by atoms with E-state index >= 15 is 0 Å². The van der Waals surface area contributed by atoms with E-state index in [4.69, 9.17) is 9.47 Å². The van der Waals surface area contributed by atoms with E-state index in [0.29, 0.717) is 5.56 Å². The highest BCUT2D eigenvalue weighted by Crippen LogP contribution is 2.22. The first-order chi connectivity index (χ1) is 21.1. The van der Waals surface area contributed by atoms with Crippen molar-refractivity contribution in [2.45, 2.75) is 50.9 Å². The molecule has 43 heavy (non-hydrogen) atoms. The monoisotopic (exact) mass is 580 g/mol. The van der Waals surface area contributed by atoms with Crippen molar-refractivity contribution in [3.8, 4) is 17.3 Å². The molecular weight excluding hydrogens is 540 g/mol. The third kappa shape index (κ3) is 7.80. The first kappa shape index (κ1) is 28.9. The van der Waals surface area contributed by atoms with E-state index in [0.717, 1.165) is 82.3 Å². The average molecular weight is 581 g/mol. The Morgan fingerprint density at radius 1 is 0.860 bits per heavy atom. The molecule has 0 aliphatic carbocycles. The number of carbonyl (C=O) groups is 1. The number of aromatic nitrogens is 3. The van der Waals surface area contributed by atoms with E-state index in [1.807, 2.05) is 71.7 Å². The van der Waals surface area contributed by atoms with Gasteiger partial charge in [0.25, 0.3) is 5.91 Å². The zero-order valence-corrected chi connectivity index (χ0v) is 24.8. The molecule has 1 amide bonds. The molecule has 2 aliphatic heterocycles. The predicted octanol–water partition coefficient (Wildman–Crippen LogP) is 4.71. The van der Waals surface area contributed by atoms with Gasteiger partial charge in [0.15, 0.2) is 5.82 Å². The number of pyridine rings is 1. The fraction of sp³-hybridized carbons (Fsp3) is 0.382. The highest BCUT2D eigenvalue weighted by molar-refractivity contribution is 5.94. The minimum atomic E-state index is -0.0277. The standard InChI is InChI=1S/C34H40N6O3/c1-42-30-10-8-26(9-11-30)23-38-17-12-29(13-18-38)37-34(41)28-5-4-6-32(21-28)43-31-14-19-39(20-15-31)24-27-22-36-40(25-27)33-7-2-3-16-35-33/h2-11,16,21-22,25,29,31H,12-15,17-20,23-24H2,1H3,(H,37,41). The number of methoxy groups -OCH3 is 1. The summed E-state index contributed by atoms with van der Waals surface area (Å²) in [4.78, 5) is 22.3. The summed E-state index contributed by atoms with van der Waals surface area (Å²) in [6.07, 6.45) is 9.66. The van der Waals surface area contributed by atoms with Gasteiger partial charge in [0, 0.05) is 68.8 Å². The first-order valence-electron chi connectivity index (χ1n) is 15.2. The van der Waals surface area contributed by atoms with Gasteiger partial charge in [-0.25, -0.2) is 9.67 Å². The van der Waals surface area contributed by atoms with Gasteiger partial charge in [0.1, 0.15) is 17.6 Å². The molecule has 0 spiro atoms. The van der Waals surface area contributed by atoms with Gasteiger partial charge in [-0.1, -0.05) is 24.3 Å². The molecule has 6 rings (SSSR count). The number of ether oxygens (including phenoxy) is 2. The number of likely N-dealkylation sites (tertiary alicyclic amines) is 2. The SMILES string of the molecule is COc1ccc(CN2CCC(NC(=O)c3cccc(OC4CCN(Cc5cnn(-c6ccccn6)c5)CC4)c3)CC2)cc1. The molecule has 4 heterocycles. The average Bonchev–Trinajstić information content (AvgIpc) is 3.52. The molecule has 2 saturated heterocycles. The number of nitrogens with one attached hydrogen (secondary N) is 1. The largest absolute Gasteiger partial charge is 0.497 e. The number of carbonyl (C=O) groups excluding carboxylic acids is 1. The second-order valence-electron chi connectivity index (χ2n) is 11.5. The summed E-state index contributed by atoms with van der Waals surface area (Å²) in [6.45, 7) is 5.61. The second-order valence-corrected chi connectivity index (χ2v) is 11.5. The van der Waals surface area contributed by atoms with Crippen molar-refractivity contribution in [3.63, 3.8) is 0 Å². The van der Waals surface area contributed by atoms with E-state index in [2.05, 4.69) is 37.3 Å². The minimum Gasteiger partial charge on any atom is -0.497 e. The van der Waals surface area contributed by atoms with Gasteiger partial charge in [0.2, 0.25) is 0 Å². The van der Waals surface area contributed by atoms with E-state index in [1.54, 1.807) is 13.3 Å². The van der Waals surface area contributed by atoms with Crippen LogP contribution in [0.2, 0.25) is 0 Å². The smallest absolute Gasteiger partial charge is 0.251 e. The van der Waals surface area contributed by atoms with Gasteiger partial charge in [-0.2, -0.15) is 5.10 Å². The van der Waals surface area contributed by atoms with Crippen molar-refractivity contribution in [2.24, 2.45) is 0 Å². The van der Waals surface area contributed by atoms with Gasteiger partial charge in [-0.3, -0.25) is 14.6 Å². The lowest BCUT2D eigenvalue weighted by Gasteiger charge is -2.32. The Kier molecular flexibility index (Phi) is 9.30. The van der Waals surface area contributed by atoms with E-state index in [1.165, 1.54) is 11.1 Å². The molecule has 1 N–H and O–H groups in total. The van der Waals surface area contributed by atoms with Crippen LogP contribution in [0.15, 0.2) is 85.3 Å². The molecule has 4 aromatic rings. The van der Waals surface area contributed by atoms with Gasteiger partial charge in [-0.15, -0.1) is 0 Å². The van der Waals surface area contributed by atoms with Crippen LogP contribution in [0.1, 0.15) is 47.2 Å². The molecule has 224 valence electrons. The summed E-state index contributed by atoms with van der Waals surface area (Å²) in [6, 6.07) is 21.9. The molecule has 2 aromatic carbocycles. The normalized spacial score (nSPS) is 17.0. The number of hydrogen-bond acceptors (Lipinski definition) is 7. The lowest BCUT2D eigenvalue weighted by molar-refractivity contribution is 0.0900. The van der Waals surface area contributed by atoms with Crippen molar-refractivity contribution in [1.82, 2.24) is 29.9 Å². The fourth-order valence-electron chi connectivity index (χ4n) is 5.90. The number of piperidine rings is 2. The summed E-state index contributed by atoms with van der Waals surface area (Å²) in [5.41, 5.74) is 3.10. The van der Waals surface area contributed by atoms with Crippen molar-refractivity contribution in [3.05, 3.63) is 102 Å². The Morgan fingerprint density at radius 2 is 1.60 bits per heavy atom. The molecule has 2 fully saturated rings. The van der Waals surface area contributed by atoms with Gasteiger partial charge < -0.3 is 14.8 Å². The van der Waals surface area contributed by atoms with Crippen molar-refractivity contribution in [1.29, 1.82) is 0 Å². The molecule has 0 atom stereocenters. The molecule has 0 radical (unpaired) electrons. The summed E-state index contributed by atoms with van der Waals surface area (Å²) in [5.74, 6) is 2.43. The van der Waals surface area contributed by atoms with Crippen molar-refractivity contribution in [2.75, 3.05) is 33.3 Å². The number of amides is 1. The molecule has 2 aromatic heterocycles. The van der Waals surface area contributed by atoms with Gasteiger partial charge in [-0.05, 0) is 73.7 Å².